The van der Waals surface area contributed by atoms with Crippen molar-refractivity contribution in [2.75, 3.05) is 11.4 Å². The largest absolute Gasteiger partial charge is 0.416 e. The van der Waals surface area contributed by atoms with Crippen LogP contribution in [0, 0.1) is 10.1 Å². The van der Waals surface area contributed by atoms with E-state index in [4.69, 9.17) is 0 Å². The molecule has 12 heteroatoms. The van der Waals surface area contributed by atoms with Gasteiger partial charge < -0.3 is 9.47 Å². The fourth-order valence-electron chi connectivity index (χ4n) is 3.74. The van der Waals surface area contributed by atoms with Crippen LogP contribution in [0.2, 0.25) is 0 Å². The molecule has 0 aliphatic carbocycles. The van der Waals surface area contributed by atoms with Crippen molar-refractivity contribution < 1.29 is 18.1 Å². The lowest BCUT2D eigenvalue weighted by molar-refractivity contribution is -0.383. The average Bonchev–Trinajstić information content (AvgIpc) is 3.21. The number of fused-ring (bicyclic) bond motifs is 2. The molecular weight excluding hydrogens is 459 g/mol. The first-order valence-corrected chi connectivity index (χ1v) is 10.6. The van der Waals surface area contributed by atoms with E-state index < -0.39 is 33.3 Å². The molecule has 0 amide bonds. The number of nitro benzene ring substituents is 1. The monoisotopic (exact) mass is 473 g/mol. The second kappa shape index (κ2) is 7.66. The van der Waals surface area contributed by atoms with Crippen molar-refractivity contribution in [2.24, 2.45) is 0 Å². The summed E-state index contributed by atoms with van der Waals surface area (Å²) >= 11 is 0.828. The quantitative estimate of drug-likeness (QED) is 0.322. The molecule has 168 valence electrons. The van der Waals surface area contributed by atoms with Gasteiger partial charge >= 0.3 is 6.18 Å². The summed E-state index contributed by atoms with van der Waals surface area (Å²) in [6.45, 7) is 1.31. The Bertz CT molecular complexity index is 1450. The van der Waals surface area contributed by atoms with Crippen LogP contribution in [0.25, 0.3) is 21.3 Å². The summed E-state index contributed by atoms with van der Waals surface area (Å²) in [7, 11) is 0. The number of nitro groups is 1. The minimum absolute atomic E-state index is 0.137. The predicted molar refractivity (Wildman–Crippen MR) is 116 cm³/mol. The maximum absolute atomic E-state index is 13.2. The first kappa shape index (κ1) is 21.1. The number of nitrogens with zero attached hydrogens (tertiary/aromatic N) is 5. The molecule has 0 unspecified atom stereocenters. The molecule has 8 nitrogen and oxygen atoms in total. The lowest BCUT2D eigenvalue weighted by Crippen LogP contribution is -2.34. The number of alkyl halides is 3. The molecule has 0 fully saturated rings. The number of imidazole rings is 1. The fourth-order valence-corrected chi connectivity index (χ4v) is 4.83. The first-order valence-electron chi connectivity index (χ1n) is 9.77. The Labute approximate surface area is 187 Å². The van der Waals surface area contributed by atoms with Crippen LogP contribution < -0.4 is 10.5 Å². The molecule has 4 aromatic rings. The van der Waals surface area contributed by atoms with Crippen molar-refractivity contribution in [2.45, 2.75) is 19.3 Å². The molecule has 2 aromatic heterocycles. The van der Waals surface area contributed by atoms with Gasteiger partial charge in [0.15, 0.2) is 5.13 Å². The molecule has 0 spiro atoms. The lowest BCUT2D eigenvalue weighted by Gasteiger charge is -2.27. The van der Waals surface area contributed by atoms with Gasteiger partial charge in [-0.3, -0.25) is 14.9 Å². The molecule has 0 atom stereocenters. The molecule has 3 heterocycles. The number of hydrogen-bond donors (Lipinski definition) is 0. The first-order chi connectivity index (χ1) is 15.7. The summed E-state index contributed by atoms with van der Waals surface area (Å²) in [6.07, 6.45) is -2.89. The van der Waals surface area contributed by atoms with E-state index in [2.05, 4.69) is 9.97 Å². The van der Waals surface area contributed by atoms with Gasteiger partial charge in [0.25, 0.3) is 11.2 Å². The number of non-ortho nitro benzene ring substituents is 1. The van der Waals surface area contributed by atoms with Gasteiger partial charge in [0.1, 0.15) is 10.5 Å². The highest BCUT2D eigenvalue weighted by atomic mass is 32.1. The Morgan fingerprint density at radius 3 is 2.55 bits per heavy atom. The maximum atomic E-state index is 13.2. The second-order valence-corrected chi connectivity index (χ2v) is 8.43. The molecular formula is C21H14F3N5O3S. The highest BCUT2D eigenvalue weighted by Crippen LogP contribution is 2.38. The van der Waals surface area contributed by atoms with Gasteiger partial charge in [0.2, 0.25) is 0 Å². The molecule has 1 aliphatic rings. The van der Waals surface area contributed by atoms with Crippen molar-refractivity contribution in [1.29, 1.82) is 0 Å². The van der Waals surface area contributed by atoms with E-state index in [1.165, 1.54) is 0 Å². The zero-order valence-corrected chi connectivity index (χ0v) is 17.6. The number of benzene rings is 2. The SMILES string of the molecule is O=c1nc(N2CCn3cc(-c4ccccc4)nc3C2)sc2c([N+](=O)[O-])cc(C(F)(F)F)cc12. The van der Waals surface area contributed by atoms with Crippen LogP contribution in [0.4, 0.5) is 24.0 Å². The van der Waals surface area contributed by atoms with Gasteiger partial charge in [-0.1, -0.05) is 41.7 Å². The third-order valence-corrected chi connectivity index (χ3v) is 6.52. The zero-order chi connectivity index (χ0) is 23.3. The normalized spacial score (nSPS) is 13.8. The van der Waals surface area contributed by atoms with Crippen LogP contribution in [-0.2, 0) is 19.3 Å². The number of rotatable bonds is 3. The van der Waals surface area contributed by atoms with Gasteiger partial charge in [0, 0.05) is 30.9 Å². The molecule has 0 bridgehead atoms. The topological polar surface area (TPSA) is 94.2 Å². The number of aromatic nitrogens is 3. The average molecular weight is 473 g/mol. The second-order valence-electron chi connectivity index (χ2n) is 7.45. The summed E-state index contributed by atoms with van der Waals surface area (Å²) in [5, 5.41) is 11.3. The van der Waals surface area contributed by atoms with Crippen LogP contribution in [0.3, 0.4) is 0 Å². The summed E-state index contributed by atoms with van der Waals surface area (Å²) in [6, 6.07) is 10.7. The van der Waals surface area contributed by atoms with Gasteiger partial charge in [-0.2, -0.15) is 18.2 Å². The van der Waals surface area contributed by atoms with Crippen LogP contribution >= 0.6 is 11.3 Å². The van der Waals surface area contributed by atoms with Crippen molar-refractivity contribution in [1.82, 2.24) is 14.5 Å². The smallest absolute Gasteiger partial charge is 0.339 e. The summed E-state index contributed by atoms with van der Waals surface area (Å²) < 4.78 is 41.4. The Balaban J connectivity index is 1.55. The Hall–Kier alpha value is -3.80. The Kier molecular flexibility index (Phi) is 4.89. The standard InChI is InChI=1S/C21H14F3N5O3S/c22-21(23,24)13-8-14-18(16(9-13)29(31)32)33-20(26-19(14)30)28-7-6-27-10-15(25-17(27)11-28)12-4-2-1-3-5-12/h1-5,8-10H,6-7,11H2. The van der Waals surface area contributed by atoms with Crippen molar-refractivity contribution >= 4 is 32.2 Å². The van der Waals surface area contributed by atoms with Crippen LogP contribution in [0.5, 0.6) is 0 Å². The van der Waals surface area contributed by atoms with E-state index in [0.717, 1.165) is 28.4 Å². The molecule has 5 rings (SSSR count). The molecule has 0 saturated heterocycles. The number of halogens is 3. The third kappa shape index (κ3) is 3.82. The molecule has 2 aromatic carbocycles. The minimum Gasteiger partial charge on any atom is -0.339 e. The number of hydrogen-bond acceptors (Lipinski definition) is 7. The van der Waals surface area contributed by atoms with E-state index >= 15 is 0 Å². The molecule has 1 aliphatic heterocycles. The van der Waals surface area contributed by atoms with Gasteiger partial charge in [0.05, 0.1) is 28.1 Å². The van der Waals surface area contributed by atoms with Crippen molar-refractivity contribution in [3.63, 3.8) is 0 Å². The molecule has 0 radical (unpaired) electrons. The van der Waals surface area contributed by atoms with Crippen molar-refractivity contribution in [3.8, 4) is 11.3 Å². The van der Waals surface area contributed by atoms with Crippen molar-refractivity contribution in [3.05, 3.63) is 80.5 Å². The van der Waals surface area contributed by atoms with Gasteiger partial charge in [-0.25, -0.2) is 4.98 Å². The van der Waals surface area contributed by atoms with Crippen LogP contribution in [0.15, 0.2) is 53.5 Å². The lowest BCUT2D eigenvalue weighted by atomic mass is 10.1. The van der Waals surface area contributed by atoms with E-state index in [9.17, 15) is 28.1 Å². The maximum Gasteiger partial charge on any atom is 0.416 e. The zero-order valence-electron chi connectivity index (χ0n) is 16.7. The summed E-state index contributed by atoms with van der Waals surface area (Å²) in [5.74, 6) is 0.726. The van der Waals surface area contributed by atoms with E-state index in [-0.39, 0.29) is 9.83 Å². The van der Waals surface area contributed by atoms with E-state index in [1.807, 2.05) is 41.1 Å². The summed E-state index contributed by atoms with van der Waals surface area (Å²) in [4.78, 5) is 33.5. The minimum atomic E-state index is -4.82. The van der Waals surface area contributed by atoms with E-state index in [1.54, 1.807) is 4.90 Å². The Morgan fingerprint density at radius 2 is 1.85 bits per heavy atom. The van der Waals surface area contributed by atoms with Gasteiger partial charge in [-0.15, -0.1) is 0 Å². The fraction of sp³-hybridized carbons (Fsp3) is 0.190. The molecule has 33 heavy (non-hydrogen) atoms. The predicted octanol–water partition coefficient (Wildman–Crippen LogP) is 4.47. The molecule has 0 N–H and O–H groups in total. The third-order valence-electron chi connectivity index (χ3n) is 5.36. The molecule has 0 saturated carbocycles. The summed E-state index contributed by atoms with van der Waals surface area (Å²) in [5.41, 5.74) is -1.21. The van der Waals surface area contributed by atoms with Gasteiger partial charge in [-0.05, 0) is 6.07 Å². The van der Waals surface area contributed by atoms with E-state index in [0.29, 0.717) is 31.8 Å². The van der Waals surface area contributed by atoms with Crippen LogP contribution in [0.1, 0.15) is 11.4 Å². The van der Waals surface area contributed by atoms with Crippen LogP contribution in [-0.4, -0.2) is 26.0 Å². The highest BCUT2D eigenvalue weighted by molar-refractivity contribution is 7.22. The number of anilines is 1. The highest BCUT2D eigenvalue weighted by Gasteiger charge is 2.34. The Morgan fingerprint density at radius 1 is 1.09 bits per heavy atom.